The zero-order valence-electron chi connectivity index (χ0n) is 15.2. The molecule has 132 valence electrons. The Bertz CT molecular complexity index is 1120. The number of furan rings is 1. The molecule has 4 aromatic rings. The molecule has 0 atom stereocenters. The molecule has 2 aromatic heterocycles. The number of hydrogen-bond acceptors (Lipinski definition) is 3. The second kappa shape index (κ2) is 6.33. The topological polar surface area (TPSA) is 60.1 Å². The summed E-state index contributed by atoms with van der Waals surface area (Å²) in [5.74, 6) is 1.15. The fourth-order valence-electron chi connectivity index (χ4n) is 3.44. The molecule has 0 aliphatic rings. The van der Waals surface area contributed by atoms with Crippen LogP contribution in [-0.2, 0) is 6.54 Å². The number of amides is 1. The van der Waals surface area contributed by atoms with Crippen LogP contribution in [0.3, 0.4) is 0 Å². The molecule has 2 aromatic carbocycles. The van der Waals surface area contributed by atoms with E-state index in [4.69, 9.17) is 4.42 Å². The Morgan fingerprint density at radius 2 is 1.92 bits per heavy atom. The van der Waals surface area contributed by atoms with Crippen LogP contribution in [0.15, 0.2) is 46.9 Å². The molecule has 1 N–H and O–H groups in total. The van der Waals surface area contributed by atoms with Crippen LogP contribution < -0.4 is 5.32 Å². The zero-order chi connectivity index (χ0) is 18.3. The Kier molecular flexibility index (Phi) is 3.99. The van der Waals surface area contributed by atoms with Crippen molar-refractivity contribution in [2.45, 2.75) is 27.3 Å². The van der Waals surface area contributed by atoms with Gasteiger partial charge in [-0.3, -0.25) is 4.79 Å². The van der Waals surface area contributed by atoms with Crippen LogP contribution in [-0.4, -0.2) is 22.0 Å². The van der Waals surface area contributed by atoms with Gasteiger partial charge in [-0.2, -0.15) is 0 Å². The normalized spacial score (nSPS) is 11.3. The second-order valence-electron chi connectivity index (χ2n) is 6.56. The summed E-state index contributed by atoms with van der Waals surface area (Å²) in [5.41, 5.74) is 4.75. The smallest absolute Gasteiger partial charge is 0.287 e. The van der Waals surface area contributed by atoms with E-state index in [1.165, 1.54) is 0 Å². The molecule has 0 spiro atoms. The van der Waals surface area contributed by atoms with Gasteiger partial charge < -0.3 is 14.3 Å². The molecule has 2 heterocycles. The number of nitrogens with zero attached hydrogens (tertiary/aromatic N) is 2. The van der Waals surface area contributed by atoms with E-state index in [2.05, 4.69) is 14.9 Å². The number of carbonyl (C=O) groups excluding carboxylic acids is 1. The Morgan fingerprint density at radius 1 is 1.12 bits per heavy atom. The summed E-state index contributed by atoms with van der Waals surface area (Å²) in [4.78, 5) is 17.1. The van der Waals surface area contributed by atoms with Gasteiger partial charge in [-0.25, -0.2) is 4.98 Å². The maximum absolute atomic E-state index is 12.6. The van der Waals surface area contributed by atoms with E-state index < -0.39 is 0 Å². The molecule has 0 fully saturated rings. The van der Waals surface area contributed by atoms with E-state index in [-0.39, 0.29) is 5.91 Å². The molecule has 1 amide bonds. The van der Waals surface area contributed by atoms with Crippen LogP contribution in [0, 0.1) is 20.8 Å². The first-order chi connectivity index (χ1) is 12.6. The summed E-state index contributed by atoms with van der Waals surface area (Å²) in [7, 11) is 0. The van der Waals surface area contributed by atoms with Crippen molar-refractivity contribution in [3.8, 4) is 0 Å². The lowest BCUT2D eigenvalue weighted by Gasteiger charge is -2.08. The van der Waals surface area contributed by atoms with Crippen molar-refractivity contribution < 1.29 is 9.21 Å². The van der Waals surface area contributed by atoms with Gasteiger partial charge in [0, 0.05) is 24.0 Å². The third kappa shape index (κ3) is 2.65. The number of aromatic nitrogens is 2. The van der Waals surface area contributed by atoms with Gasteiger partial charge in [0.25, 0.3) is 5.91 Å². The van der Waals surface area contributed by atoms with Crippen LogP contribution in [0.4, 0.5) is 0 Å². The number of hydrogen-bond donors (Lipinski definition) is 1. The van der Waals surface area contributed by atoms with Crippen molar-refractivity contribution in [2.75, 3.05) is 6.54 Å². The highest BCUT2D eigenvalue weighted by Gasteiger charge is 2.18. The number of para-hydroxylation sites is 3. The molecule has 26 heavy (non-hydrogen) atoms. The van der Waals surface area contributed by atoms with E-state index in [1.54, 1.807) is 0 Å². The first-order valence-corrected chi connectivity index (χ1v) is 8.75. The molecule has 0 aliphatic heterocycles. The molecular formula is C21H21N3O2. The lowest BCUT2D eigenvalue weighted by molar-refractivity contribution is 0.0926. The van der Waals surface area contributed by atoms with Gasteiger partial charge in [-0.1, -0.05) is 30.3 Å². The van der Waals surface area contributed by atoms with Gasteiger partial charge >= 0.3 is 0 Å². The van der Waals surface area contributed by atoms with E-state index in [0.29, 0.717) is 18.8 Å². The number of aryl methyl sites for hydroxylation is 3. The highest BCUT2D eigenvalue weighted by atomic mass is 16.3. The van der Waals surface area contributed by atoms with E-state index in [0.717, 1.165) is 39.0 Å². The Morgan fingerprint density at radius 3 is 2.73 bits per heavy atom. The lowest BCUT2D eigenvalue weighted by Crippen LogP contribution is -2.27. The average molecular weight is 347 g/mol. The van der Waals surface area contributed by atoms with E-state index in [1.807, 2.05) is 63.2 Å². The van der Waals surface area contributed by atoms with E-state index in [9.17, 15) is 4.79 Å². The first kappa shape index (κ1) is 16.4. The Hall–Kier alpha value is -3.08. The predicted molar refractivity (Wildman–Crippen MR) is 102 cm³/mol. The summed E-state index contributed by atoms with van der Waals surface area (Å²) in [6.45, 7) is 7.06. The average Bonchev–Trinajstić information content (AvgIpc) is 3.13. The molecule has 5 heteroatoms. The van der Waals surface area contributed by atoms with Gasteiger partial charge in [-0.15, -0.1) is 0 Å². The molecule has 0 aliphatic carbocycles. The van der Waals surface area contributed by atoms with Gasteiger partial charge in [0.1, 0.15) is 11.4 Å². The van der Waals surface area contributed by atoms with Crippen LogP contribution in [0.2, 0.25) is 0 Å². The number of benzene rings is 2. The third-order valence-electron chi connectivity index (χ3n) is 4.83. The molecule has 5 nitrogen and oxygen atoms in total. The SMILES string of the molecule is Cc1c(C(=O)NCCn2c(C)nc3ccccc32)oc2c(C)cccc12. The maximum Gasteiger partial charge on any atom is 0.287 e. The highest BCUT2D eigenvalue weighted by molar-refractivity contribution is 5.99. The van der Waals surface area contributed by atoms with Gasteiger partial charge in [0.15, 0.2) is 5.76 Å². The van der Waals surface area contributed by atoms with Gasteiger partial charge in [0.2, 0.25) is 0 Å². The minimum atomic E-state index is -0.180. The fraction of sp³-hybridized carbons (Fsp3) is 0.238. The molecule has 0 saturated heterocycles. The quantitative estimate of drug-likeness (QED) is 0.603. The van der Waals surface area contributed by atoms with Crippen molar-refractivity contribution in [3.63, 3.8) is 0 Å². The van der Waals surface area contributed by atoms with Crippen LogP contribution in [0.1, 0.15) is 27.5 Å². The molecular weight excluding hydrogens is 326 g/mol. The van der Waals surface area contributed by atoms with Crippen LogP contribution in [0.25, 0.3) is 22.0 Å². The third-order valence-corrected chi connectivity index (χ3v) is 4.83. The molecule has 4 rings (SSSR count). The monoisotopic (exact) mass is 347 g/mol. The highest BCUT2D eigenvalue weighted by Crippen LogP contribution is 2.27. The molecule has 0 radical (unpaired) electrons. The Balaban J connectivity index is 1.52. The predicted octanol–water partition coefficient (Wildman–Crippen LogP) is 4.14. The summed E-state index contributed by atoms with van der Waals surface area (Å²) in [5, 5.41) is 3.96. The number of rotatable bonds is 4. The summed E-state index contributed by atoms with van der Waals surface area (Å²) < 4.78 is 7.96. The largest absolute Gasteiger partial charge is 0.450 e. The first-order valence-electron chi connectivity index (χ1n) is 8.75. The Labute approximate surface area is 151 Å². The molecule has 0 saturated carbocycles. The van der Waals surface area contributed by atoms with Gasteiger partial charge in [0.05, 0.1) is 11.0 Å². The van der Waals surface area contributed by atoms with Crippen LogP contribution >= 0.6 is 0 Å². The number of nitrogens with one attached hydrogen (secondary N) is 1. The number of carbonyl (C=O) groups is 1. The lowest BCUT2D eigenvalue weighted by atomic mass is 10.1. The van der Waals surface area contributed by atoms with E-state index >= 15 is 0 Å². The van der Waals surface area contributed by atoms with Crippen molar-refractivity contribution in [1.29, 1.82) is 0 Å². The standard InChI is InChI=1S/C21H21N3O2/c1-13-7-6-8-16-14(2)20(26-19(13)16)21(25)22-11-12-24-15(3)23-17-9-4-5-10-18(17)24/h4-10H,11-12H2,1-3H3,(H,22,25). The fourth-order valence-corrected chi connectivity index (χ4v) is 3.44. The summed E-state index contributed by atoms with van der Waals surface area (Å²) in [6, 6.07) is 14.0. The summed E-state index contributed by atoms with van der Waals surface area (Å²) in [6.07, 6.45) is 0. The van der Waals surface area contributed by atoms with Crippen LogP contribution in [0.5, 0.6) is 0 Å². The van der Waals surface area contributed by atoms with Crippen molar-refractivity contribution in [1.82, 2.24) is 14.9 Å². The van der Waals surface area contributed by atoms with Crippen molar-refractivity contribution >= 4 is 27.9 Å². The minimum Gasteiger partial charge on any atom is -0.450 e. The maximum atomic E-state index is 12.6. The minimum absolute atomic E-state index is 0.180. The zero-order valence-corrected chi connectivity index (χ0v) is 15.2. The van der Waals surface area contributed by atoms with Crippen molar-refractivity contribution in [3.05, 3.63) is 65.2 Å². The second-order valence-corrected chi connectivity index (χ2v) is 6.56. The molecule has 0 bridgehead atoms. The molecule has 0 unspecified atom stereocenters. The number of imidazole rings is 1. The summed E-state index contributed by atoms with van der Waals surface area (Å²) >= 11 is 0. The van der Waals surface area contributed by atoms with Crippen molar-refractivity contribution in [2.24, 2.45) is 0 Å². The van der Waals surface area contributed by atoms with Gasteiger partial charge in [-0.05, 0) is 38.5 Å². The number of fused-ring (bicyclic) bond motifs is 2.